The number of rotatable bonds is 4. The molecule has 0 amide bonds. The Morgan fingerprint density at radius 1 is 1.39 bits per heavy atom. The van der Waals surface area contributed by atoms with Crippen molar-refractivity contribution in [3.63, 3.8) is 0 Å². The molecular formula is C14H23N3O. The van der Waals surface area contributed by atoms with Gasteiger partial charge in [0.05, 0.1) is 0 Å². The third-order valence-corrected chi connectivity index (χ3v) is 4.82. The molecule has 2 unspecified atom stereocenters. The van der Waals surface area contributed by atoms with Crippen molar-refractivity contribution in [2.24, 2.45) is 11.7 Å². The zero-order chi connectivity index (χ0) is 12.6. The number of nitrogens with zero attached hydrogens (tertiary/aromatic N) is 2. The Morgan fingerprint density at radius 2 is 2.22 bits per heavy atom. The molecule has 2 fully saturated rings. The van der Waals surface area contributed by atoms with Crippen molar-refractivity contribution in [1.29, 1.82) is 0 Å². The first-order valence-corrected chi connectivity index (χ1v) is 7.30. The van der Waals surface area contributed by atoms with Crippen LogP contribution >= 0.6 is 0 Å². The zero-order valence-electron chi connectivity index (χ0n) is 11.2. The molecule has 0 aromatic carbocycles. The Hall–Kier alpha value is -0.900. The number of nitrogens with two attached hydrogens (primary N) is 1. The molecule has 1 aromatic heterocycles. The summed E-state index contributed by atoms with van der Waals surface area (Å²) in [5, 5.41) is 4.17. The standard InChI is InChI=1S/C14H23N3O/c1-2-10-4-5-11(8-10)13-16-12(18-17-13)9-14(15)6-3-7-14/h10-11H,2-9,15H2,1H3. The number of hydrogen-bond acceptors (Lipinski definition) is 4. The molecule has 0 radical (unpaired) electrons. The third-order valence-electron chi connectivity index (χ3n) is 4.82. The second-order valence-corrected chi connectivity index (χ2v) is 6.22. The number of hydrogen-bond donors (Lipinski definition) is 1. The van der Waals surface area contributed by atoms with E-state index >= 15 is 0 Å². The van der Waals surface area contributed by atoms with Crippen LogP contribution in [0.25, 0.3) is 0 Å². The molecule has 3 rings (SSSR count). The van der Waals surface area contributed by atoms with Crippen molar-refractivity contribution < 1.29 is 4.52 Å². The molecule has 4 nitrogen and oxygen atoms in total. The van der Waals surface area contributed by atoms with Crippen LogP contribution in [0.5, 0.6) is 0 Å². The van der Waals surface area contributed by atoms with Gasteiger partial charge < -0.3 is 10.3 Å². The van der Waals surface area contributed by atoms with E-state index in [4.69, 9.17) is 10.3 Å². The second kappa shape index (κ2) is 4.65. The highest BCUT2D eigenvalue weighted by atomic mass is 16.5. The average Bonchev–Trinajstić information content (AvgIpc) is 2.94. The first-order valence-electron chi connectivity index (χ1n) is 7.30. The van der Waals surface area contributed by atoms with Gasteiger partial charge in [0.15, 0.2) is 5.82 Å². The van der Waals surface area contributed by atoms with Crippen LogP contribution in [0.15, 0.2) is 4.52 Å². The topological polar surface area (TPSA) is 64.9 Å². The quantitative estimate of drug-likeness (QED) is 0.891. The van der Waals surface area contributed by atoms with Crippen LogP contribution in [0.4, 0.5) is 0 Å². The Morgan fingerprint density at radius 3 is 2.83 bits per heavy atom. The SMILES string of the molecule is CCC1CCC(c2noc(CC3(N)CCC3)n2)C1. The molecular weight excluding hydrogens is 226 g/mol. The Labute approximate surface area is 108 Å². The van der Waals surface area contributed by atoms with E-state index in [2.05, 4.69) is 17.1 Å². The molecule has 0 bridgehead atoms. The van der Waals surface area contributed by atoms with E-state index in [0.717, 1.165) is 36.9 Å². The second-order valence-electron chi connectivity index (χ2n) is 6.22. The summed E-state index contributed by atoms with van der Waals surface area (Å²) in [5.41, 5.74) is 6.15. The Bertz CT molecular complexity index is 411. The smallest absolute Gasteiger partial charge is 0.228 e. The molecule has 4 heteroatoms. The van der Waals surface area contributed by atoms with Crippen LogP contribution in [0.1, 0.15) is 69.5 Å². The summed E-state index contributed by atoms with van der Waals surface area (Å²) in [7, 11) is 0. The molecule has 1 heterocycles. The predicted octanol–water partition coefficient (Wildman–Crippen LogP) is 2.79. The summed E-state index contributed by atoms with van der Waals surface area (Å²) in [6.45, 7) is 2.27. The molecule has 0 saturated heterocycles. The van der Waals surface area contributed by atoms with Crippen molar-refractivity contribution in [2.75, 3.05) is 0 Å². The van der Waals surface area contributed by atoms with Gasteiger partial charge in [0.25, 0.3) is 0 Å². The van der Waals surface area contributed by atoms with Crippen LogP contribution < -0.4 is 5.73 Å². The van der Waals surface area contributed by atoms with E-state index in [1.807, 2.05) is 0 Å². The molecule has 2 saturated carbocycles. The molecule has 2 aliphatic carbocycles. The minimum absolute atomic E-state index is 0.0641. The molecule has 1 aromatic rings. The zero-order valence-corrected chi connectivity index (χ0v) is 11.2. The number of aromatic nitrogens is 2. The normalized spacial score (nSPS) is 30.3. The van der Waals surface area contributed by atoms with Crippen molar-refractivity contribution in [2.45, 2.75) is 69.7 Å². The summed E-state index contributed by atoms with van der Waals surface area (Å²) in [4.78, 5) is 4.57. The van der Waals surface area contributed by atoms with Gasteiger partial charge in [0.1, 0.15) is 0 Å². The Balaban J connectivity index is 1.63. The highest BCUT2D eigenvalue weighted by Crippen LogP contribution is 2.39. The lowest BCUT2D eigenvalue weighted by Crippen LogP contribution is -2.48. The van der Waals surface area contributed by atoms with E-state index in [9.17, 15) is 0 Å². The maximum atomic E-state index is 6.21. The highest BCUT2D eigenvalue weighted by molar-refractivity contribution is 5.04. The van der Waals surface area contributed by atoms with Gasteiger partial charge in [-0.1, -0.05) is 18.5 Å². The molecule has 2 atom stereocenters. The molecule has 2 N–H and O–H groups in total. The van der Waals surface area contributed by atoms with Gasteiger partial charge in [-0.25, -0.2) is 0 Å². The summed E-state index contributed by atoms with van der Waals surface area (Å²) in [6.07, 6.45) is 9.19. The Kier molecular flexibility index (Phi) is 3.14. The van der Waals surface area contributed by atoms with Gasteiger partial charge in [-0.3, -0.25) is 0 Å². The van der Waals surface area contributed by atoms with E-state index in [0.29, 0.717) is 5.92 Å². The van der Waals surface area contributed by atoms with E-state index in [1.165, 1.54) is 32.1 Å². The van der Waals surface area contributed by atoms with E-state index in [1.54, 1.807) is 0 Å². The fraction of sp³-hybridized carbons (Fsp3) is 0.857. The van der Waals surface area contributed by atoms with Gasteiger partial charge in [-0.15, -0.1) is 0 Å². The maximum Gasteiger partial charge on any atom is 0.228 e. The van der Waals surface area contributed by atoms with Crippen molar-refractivity contribution >= 4 is 0 Å². The molecule has 0 spiro atoms. The first kappa shape index (κ1) is 12.2. The molecule has 0 aliphatic heterocycles. The average molecular weight is 249 g/mol. The van der Waals surface area contributed by atoms with Gasteiger partial charge in [0, 0.05) is 17.9 Å². The van der Waals surface area contributed by atoms with Crippen molar-refractivity contribution in [3.05, 3.63) is 11.7 Å². The van der Waals surface area contributed by atoms with Crippen LogP contribution in [0.3, 0.4) is 0 Å². The van der Waals surface area contributed by atoms with Crippen LogP contribution in [0.2, 0.25) is 0 Å². The highest BCUT2D eigenvalue weighted by Gasteiger charge is 2.35. The first-order chi connectivity index (χ1) is 8.68. The van der Waals surface area contributed by atoms with Gasteiger partial charge in [-0.2, -0.15) is 4.98 Å². The lowest BCUT2D eigenvalue weighted by atomic mass is 9.75. The monoisotopic (exact) mass is 249 g/mol. The van der Waals surface area contributed by atoms with E-state index in [-0.39, 0.29) is 5.54 Å². The van der Waals surface area contributed by atoms with Crippen LogP contribution in [0, 0.1) is 5.92 Å². The summed E-state index contributed by atoms with van der Waals surface area (Å²) in [5.74, 6) is 3.03. The maximum absolute atomic E-state index is 6.21. The molecule has 18 heavy (non-hydrogen) atoms. The fourth-order valence-corrected chi connectivity index (χ4v) is 3.29. The summed E-state index contributed by atoms with van der Waals surface area (Å²) < 4.78 is 5.38. The van der Waals surface area contributed by atoms with Crippen molar-refractivity contribution in [1.82, 2.24) is 10.1 Å². The van der Waals surface area contributed by atoms with Gasteiger partial charge in [0.2, 0.25) is 5.89 Å². The van der Waals surface area contributed by atoms with Crippen molar-refractivity contribution in [3.8, 4) is 0 Å². The predicted molar refractivity (Wildman–Crippen MR) is 69.1 cm³/mol. The summed E-state index contributed by atoms with van der Waals surface area (Å²) >= 11 is 0. The van der Waals surface area contributed by atoms with E-state index < -0.39 is 0 Å². The van der Waals surface area contributed by atoms with Crippen LogP contribution in [-0.2, 0) is 6.42 Å². The third kappa shape index (κ3) is 2.30. The largest absolute Gasteiger partial charge is 0.339 e. The van der Waals surface area contributed by atoms with Gasteiger partial charge >= 0.3 is 0 Å². The van der Waals surface area contributed by atoms with Gasteiger partial charge in [-0.05, 0) is 44.4 Å². The molecule has 100 valence electrons. The molecule has 2 aliphatic rings. The summed E-state index contributed by atoms with van der Waals surface area (Å²) in [6, 6.07) is 0. The minimum atomic E-state index is -0.0641. The lowest BCUT2D eigenvalue weighted by molar-refractivity contribution is 0.221. The lowest BCUT2D eigenvalue weighted by Gasteiger charge is -2.36. The minimum Gasteiger partial charge on any atom is -0.339 e. The van der Waals surface area contributed by atoms with Crippen LogP contribution in [-0.4, -0.2) is 15.7 Å². The fourth-order valence-electron chi connectivity index (χ4n) is 3.29.